The van der Waals surface area contributed by atoms with Gasteiger partial charge in [-0.25, -0.2) is 0 Å². The molecule has 0 unspecified atom stereocenters. The quantitative estimate of drug-likeness (QED) is 0.628. The number of piperazine rings is 1. The van der Waals surface area contributed by atoms with Crippen molar-refractivity contribution in [2.75, 3.05) is 51.3 Å². The molecular formula is C23H33ClN2O2. The number of hydrogen-bond donors (Lipinski definition) is 0. The number of aryl methyl sites for hydroxylation is 2. The van der Waals surface area contributed by atoms with Gasteiger partial charge in [-0.3, -0.25) is 4.90 Å². The van der Waals surface area contributed by atoms with Gasteiger partial charge in [0.25, 0.3) is 0 Å². The zero-order chi connectivity index (χ0) is 19.2. The molecule has 4 nitrogen and oxygen atoms in total. The smallest absolute Gasteiger partial charge is 0.142 e. The molecule has 0 aromatic heterocycles. The summed E-state index contributed by atoms with van der Waals surface area (Å²) < 4.78 is 11.6. The maximum Gasteiger partial charge on any atom is 0.142 e. The zero-order valence-electron chi connectivity index (χ0n) is 17.5. The molecule has 0 aliphatic carbocycles. The zero-order valence-corrected chi connectivity index (χ0v) is 18.3. The summed E-state index contributed by atoms with van der Waals surface area (Å²) in [4.78, 5) is 4.95. The van der Waals surface area contributed by atoms with Gasteiger partial charge < -0.3 is 14.4 Å². The Hall–Kier alpha value is -1.91. The second kappa shape index (κ2) is 10.6. The Morgan fingerprint density at radius 1 is 0.929 bits per heavy atom. The predicted octanol–water partition coefficient (Wildman–Crippen LogP) is 4.63. The molecule has 3 rings (SSSR count). The van der Waals surface area contributed by atoms with Crippen LogP contribution in [0.3, 0.4) is 0 Å². The number of rotatable bonds is 7. The normalized spacial score (nSPS) is 14.5. The summed E-state index contributed by atoms with van der Waals surface area (Å²) in [6.07, 6.45) is 1.06. The van der Waals surface area contributed by atoms with E-state index in [2.05, 4.69) is 54.8 Å². The molecule has 1 aliphatic rings. The Morgan fingerprint density at radius 2 is 1.64 bits per heavy atom. The molecule has 1 fully saturated rings. The SMILES string of the molecule is COc1ccccc1N1CCN(CCCOc2cc(C)cc(C)c2C)CC1.Cl. The Balaban J connectivity index is 0.00000280. The lowest BCUT2D eigenvalue weighted by Crippen LogP contribution is -2.46. The van der Waals surface area contributed by atoms with Crippen molar-refractivity contribution in [2.24, 2.45) is 0 Å². The number of para-hydroxylation sites is 2. The highest BCUT2D eigenvalue weighted by atomic mass is 35.5. The van der Waals surface area contributed by atoms with E-state index < -0.39 is 0 Å². The van der Waals surface area contributed by atoms with Crippen LogP contribution in [-0.4, -0.2) is 51.3 Å². The molecular weight excluding hydrogens is 372 g/mol. The minimum Gasteiger partial charge on any atom is -0.495 e. The van der Waals surface area contributed by atoms with E-state index in [0.29, 0.717) is 0 Å². The molecule has 1 saturated heterocycles. The fourth-order valence-electron chi connectivity index (χ4n) is 3.72. The highest BCUT2D eigenvalue weighted by molar-refractivity contribution is 5.85. The van der Waals surface area contributed by atoms with Gasteiger partial charge in [-0.15, -0.1) is 12.4 Å². The third kappa shape index (κ3) is 5.55. The third-order valence-electron chi connectivity index (χ3n) is 5.44. The molecule has 0 N–H and O–H groups in total. The maximum atomic E-state index is 6.06. The molecule has 0 spiro atoms. The van der Waals surface area contributed by atoms with E-state index >= 15 is 0 Å². The van der Waals surface area contributed by atoms with Crippen molar-refractivity contribution >= 4 is 18.1 Å². The van der Waals surface area contributed by atoms with Crippen LogP contribution in [0.1, 0.15) is 23.1 Å². The Kier molecular flexibility index (Phi) is 8.46. The van der Waals surface area contributed by atoms with Gasteiger partial charge in [-0.2, -0.15) is 0 Å². The van der Waals surface area contributed by atoms with Crippen LogP contribution in [-0.2, 0) is 0 Å². The van der Waals surface area contributed by atoms with Gasteiger partial charge in [0.2, 0.25) is 0 Å². The first-order chi connectivity index (χ1) is 13.1. The monoisotopic (exact) mass is 404 g/mol. The van der Waals surface area contributed by atoms with Crippen molar-refractivity contribution in [1.29, 1.82) is 0 Å². The Bertz CT molecular complexity index is 758. The largest absolute Gasteiger partial charge is 0.495 e. The maximum absolute atomic E-state index is 6.06. The molecule has 0 bridgehead atoms. The Morgan fingerprint density at radius 3 is 2.36 bits per heavy atom. The van der Waals surface area contributed by atoms with Crippen LogP contribution in [0.4, 0.5) is 5.69 Å². The van der Waals surface area contributed by atoms with Crippen molar-refractivity contribution in [1.82, 2.24) is 4.90 Å². The minimum atomic E-state index is 0. The van der Waals surface area contributed by atoms with Gasteiger partial charge in [-0.1, -0.05) is 18.2 Å². The number of benzene rings is 2. The third-order valence-corrected chi connectivity index (χ3v) is 5.44. The lowest BCUT2D eigenvalue weighted by molar-refractivity contribution is 0.224. The van der Waals surface area contributed by atoms with Gasteiger partial charge in [-0.05, 0) is 62.1 Å². The van der Waals surface area contributed by atoms with Crippen LogP contribution >= 0.6 is 12.4 Å². The topological polar surface area (TPSA) is 24.9 Å². The molecule has 1 aliphatic heterocycles. The van der Waals surface area contributed by atoms with Crippen LogP contribution in [0.2, 0.25) is 0 Å². The standard InChI is InChI=1S/C23H32N2O2.ClH/c1-18-16-19(2)20(3)23(17-18)27-15-7-10-24-11-13-25(14-12-24)21-8-5-6-9-22(21)26-4;/h5-6,8-9,16-17H,7,10-15H2,1-4H3;1H. The van der Waals surface area contributed by atoms with E-state index in [9.17, 15) is 0 Å². The highest BCUT2D eigenvalue weighted by Gasteiger charge is 2.19. The number of ether oxygens (including phenoxy) is 2. The number of anilines is 1. The lowest BCUT2D eigenvalue weighted by Gasteiger charge is -2.36. The first-order valence-electron chi connectivity index (χ1n) is 9.89. The molecule has 0 saturated carbocycles. The lowest BCUT2D eigenvalue weighted by atomic mass is 10.1. The predicted molar refractivity (Wildman–Crippen MR) is 120 cm³/mol. The summed E-state index contributed by atoms with van der Waals surface area (Å²) in [5, 5.41) is 0. The summed E-state index contributed by atoms with van der Waals surface area (Å²) >= 11 is 0. The number of hydrogen-bond acceptors (Lipinski definition) is 4. The van der Waals surface area contributed by atoms with Crippen LogP contribution < -0.4 is 14.4 Å². The summed E-state index contributed by atoms with van der Waals surface area (Å²) in [6, 6.07) is 12.6. The van der Waals surface area contributed by atoms with Crippen molar-refractivity contribution in [3.05, 3.63) is 53.1 Å². The molecule has 28 heavy (non-hydrogen) atoms. The van der Waals surface area contributed by atoms with Crippen LogP contribution in [0.15, 0.2) is 36.4 Å². The van der Waals surface area contributed by atoms with Gasteiger partial charge in [0.05, 0.1) is 19.4 Å². The fraction of sp³-hybridized carbons (Fsp3) is 0.478. The molecule has 2 aromatic carbocycles. The second-order valence-electron chi connectivity index (χ2n) is 7.41. The van der Waals surface area contributed by atoms with E-state index in [1.54, 1.807) is 7.11 Å². The van der Waals surface area contributed by atoms with Crippen molar-refractivity contribution in [2.45, 2.75) is 27.2 Å². The number of methoxy groups -OCH3 is 1. The average molecular weight is 405 g/mol. The molecule has 2 aromatic rings. The van der Waals surface area contributed by atoms with E-state index in [0.717, 1.165) is 57.3 Å². The van der Waals surface area contributed by atoms with E-state index in [1.165, 1.54) is 22.4 Å². The summed E-state index contributed by atoms with van der Waals surface area (Å²) in [5.41, 5.74) is 5.03. The summed E-state index contributed by atoms with van der Waals surface area (Å²) in [7, 11) is 1.74. The second-order valence-corrected chi connectivity index (χ2v) is 7.41. The first kappa shape index (κ1) is 22.4. The number of halogens is 1. The van der Waals surface area contributed by atoms with Gasteiger partial charge >= 0.3 is 0 Å². The molecule has 154 valence electrons. The van der Waals surface area contributed by atoms with Crippen LogP contribution in [0.25, 0.3) is 0 Å². The highest BCUT2D eigenvalue weighted by Crippen LogP contribution is 2.28. The number of nitrogens with zero attached hydrogens (tertiary/aromatic N) is 2. The average Bonchev–Trinajstić information content (AvgIpc) is 2.69. The molecule has 0 amide bonds. The van der Waals surface area contributed by atoms with Crippen molar-refractivity contribution in [3.63, 3.8) is 0 Å². The van der Waals surface area contributed by atoms with Gasteiger partial charge in [0.1, 0.15) is 11.5 Å². The fourth-order valence-corrected chi connectivity index (χ4v) is 3.72. The van der Waals surface area contributed by atoms with Crippen molar-refractivity contribution < 1.29 is 9.47 Å². The summed E-state index contributed by atoms with van der Waals surface area (Å²) in [5.74, 6) is 2.00. The van der Waals surface area contributed by atoms with Crippen LogP contribution in [0.5, 0.6) is 11.5 Å². The first-order valence-corrected chi connectivity index (χ1v) is 9.89. The Labute approximate surface area is 175 Å². The molecule has 5 heteroatoms. The van der Waals surface area contributed by atoms with E-state index in [4.69, 9.17) is 9.47 Å². The van der Waals surface area contributed by atoms with Gasteiger partial charge in [0.15, 0.2) is 0 Å². The van der Waals surface area contributed by atoms with Gasteiger partial charge in [0, 0.05) is 32.7 Å². The molecule has 0 atom stereocenters. The van der Waals surface area contributed by atoms with Crippen molar-refractivity contribution in [3.8, 4) is 11.5 Å². The molecule has 1 heterocycles. The van der Waals surface area contributed by atoms with E-state index in [1.807, 2.05) is 12.1 Å². The van der Waals surface area contributed by atoms with E-state index in [-0.39, 0.29) is 12.4 Å². The van der Waals surface area contributed by atoms with Crippen LogP contribution in [0, 0.1) is 20.8 Å². The summed E-state index contributed by atoms with van der Waals surface area (Å²) in [6.45, 7) is 12.5. The minimum absolute atomic E-state index is 0. The molecule has 0 radical (unpaired) electrons.